The fourth-order valence-corrected chi connectivity index (χ4v) is 5.37. The van der Waals surface area contributed by atoms with Gasteiger partial charge in [0.15, 0.2) is 0 Å². The van der Waals surface area contributed by atoms with Gasteiger partial charge in [-0.15, -0.1) is 0 Å². The Morgan fingerprint density at radius 2 is 1.85 bits per heavy atom. The highest BCUT2D eigenvalue weighted by atomic mass is 31.3. The minimum absolute atomic E-state index is 0.141. The zero-order valence-corrected chi connectivity index (χ0v) is 15.9. The summed E-state index contributed by atoms with van der Waals surface area (Å²) in [5, 5.41) is 8.48. The van der Waals surface area contributed by atoms with Gasteiger partial charge in [-0.05, 0) is 0 Å². The molecule has 1 heterocycles. The molecule has 6 atom stereocenters. The zero-order valence-electron chi connectivity index (χ0n) is 13.2. The summed E-state index contributed by atoms with van der Waals surface area (Å²) in [7, 11) is -17.2. The van der Waals surface area contributed by atoms with Crippen LogP contribution in [-0.2, 0) is 36.3 Å². The molecule has 0 bridgehead atoms. The molecule has 1 fully saturated rings. The first-order valence-electron chi connectivity index (χ1n) is 6.85. The first kappa shape index (κ1) is 24.0. The molecule has 13 nitrogen and oxygen atoms in total. The molecule has 0 spiro atoms. The van der Waals surface area contributed by atoms with Crippen molar-refractivity contribution in [3.05, 3.63) is 0 Å². The first-order chi connectivity index (χ1) is 11.8. The van der Waals surface area contributed by atoms with Crippen LogP contribution in [0.1, 0.15) is 6.42 Å². The molecular weight excluding hydrogens is 424 g/mol. The summed E-state index contributed by atoms with van der Waals surface area (Å²) < 4.78 is 68.2. The highest BCUT2D eigenvalue weighted by molar-refractivity contribution is 7.85. The van der Waals surface area contributed by atoms with Crippen molar-refractivity contribution >= 4 is 51.6 Å². The topological polar surface area (TPSA) is 195 Å². The molecule has 0 amide bonds. The van der Waals surface area contributed by atoms with Gasteiger partial charge in [0.25, 0.3) is 5.87 Å². The summed E-state index contributed by atoms with van der Waals surface area (Å²) in [6.45, 7) is -0.765. The molecule has 20 heteroatoms. The van der Waals surface area contributed by atoms with Crippen LogP contribution >= 0.6 is 23.1 Å². The number of carbonyl (C=O) groups is 1. The minimum Gasteiger partial charge on any atom is -0.465 e. The Labute approximate surface area is 148 Å². The van der Waals surface area contributed by atoms with E-state index in [1.54, 1.807) is 7.85 Å². The van der Waals surface area contributed by atoms with Crippen LogP contribution in [0.2, 0.25) is 0 Å². The molecule has 26 heavy (non-hydrogen) atoms. The Bertz CT molecular complexity index is 649. The Morgan fingerprint density at radius 3 is 2.38 bits per heavy atom. The maximum absolute atomic E-state index is 12.2. The number of hydrogen-bond donors (Lipinski definition) is 4. The van der Waals surface area contributed by atoms with Crippen LogP contribution in [0.5, 0.6) is 0 Å². The molecule has 1 aliphatic heterocycles. The van der Waals surface area contributed by atoms with E-state index in [4.69, 9.17) is 24.3 Å². The van der Waals surface area contributed by atoms with Gasteiger partial charge in [0, 0.05) is 12.4 Å². The number of halogens is 1. The molecule has 6 unspecified atom stereocenters. The standard InChI is InChI=1S/C6H15B3FO13P3/c7-5-1-3(21-6(11)8-10)4(20-5)2-19-25(15,16)23-26(17,18)22-24(13,14)9-12/h3-5,8-9,12H,1-2,7H2,(H,13,14)(H,15,16)(H,17,18). The van der Waals surface area contributed by atoms with Crippen molar-refractivity contribution in [2.75, 3.05) is 6.61 Å². The summed E-state index contributed by atoms with van der Waals surface area (Å²) in [5.74, 6) is -1.18. The first-order valence-corrected chi connectivity index (χ1v) is 11.6. The molecule has 0 aromatic heterocycles. The number of phosphoric ester groups is 1. The second-order valence-electron chi connectivity index (χ2n) is 5.06. The maximum Gasteiger partial charge on any atom is 0.487 e. The summed E-state index contributed by atoms with van der Waals surface area (Å²) in [5.41, 5.74) is 0. The van der Waals surface area contributed by atoms with Crippen molar-refractivity contribution < 1.29 is 65.1 Å². The van der Waals surface area contributed by atoms with E-state index < -0.39 is 68.6 Å². The lowest BCUT2D eigenvalue weighted by Crippen LogP contribution is -2.31. The van der Waals surface area contributed by atoms with Crippen LogP contribution in [0.15, 0.2) is 0 Å². The van der Waals surface area contributed by atoms with Gasteiger partial charge in [-0.2, -0.15) is 4.31 Å². The van der Waals surface area contributed by atoms with E-state index in [2.05, 4.69) is 13.1 Å². The number of hydrogen-bond acceptors (Lipinski definition) is 10. The van der Waals surface area contributed by atoms with Crippen LogP contribution in [0.3, 0.4) is 0 Å². The van der Waals surface area contributed by atoms with Crippen LogP contribution < -0.4 is 0 Å². The van der Waals surface area contributed by atoms with E-state index in [0.29, 0.717) is 0 Å². The molecule has 0 radical (unpaired) electrons. The number of carbonyl (C=O) groups excluding carboxylic acids is 1. The zero-order chi connectivity index (χ0) is 20.2. The van der Waals surface area contributed by atoms with Crippen LogP contribution in [-0.4, -0.2) is 73.0 Å². The van der Waals surface area contributed by atoms with Gasteiger partial charge in [0.1, 0.15) is 20.1 Å². The Morgan fingerprint density at radius 1 is 1.23 bits per heavy atom. The average Bonchev–Trinajstić information content (AvgIpc) is 2.82. The van der Waals surface area contributed by atoms with Gasteiger partial charge >= 0.3 is 37.9 Å². The summed E-state index contributed by atoms with van der Waals surface area (Å²) in [4.78, 5) is 38.4. The third kappa shape index (κ3) is 8.32. The average molecular weight is 440 g/mol. The Kier molecular flexibility index (Phi) is 8.72. The highest BCUT2D eigenvalue weighted by Crippen LogP contribution is 2.66. The number of phosphoric acid groups is 2. The third-order valence-electron chi connectivity index (χ3n) is 2.80. The summed E-state index contributed by atoms with van der Waals surface area (Å²) in [6, 6.07) is -0.461. The van der Waals surface area contributed by atoms with E-state index in [1.165, 1.54) is 0 Å². The molecule has 4 N–H and O–H groups in total. The molecule has 0 saturated carbocycles. The van der Waals surface area contributed by atoms with E-state index >= 15 is 0 Å². The molecule has 0 aliphatic carbocycles. The van der Waals surface area contributed by atoms with Crippen molar-refractivity contribution in [1.82, 2.24) is 0 Å². The predicted molar refractivity (Wildman–Crippen MR) is 87.3 cm³/mol. The van der Waals surface area contributed by atoms with Gasteiger partial charge in [-0.1, -0.05) is 0 Å². The number of ether oxygens (including phenoxy) is 2. The molecule has 1 rings (SSSR count). The monoisotopic (exact) mass is 440 g/mol. The van der Waals surface area contributed by atoms with Crippen molar-refractivity contribution in [1.29, 1.82) is 0 Å². The summed E-state index contributed by atoms with van der Waals surface area (Å²) in [6.07, 6.45) is -1.97. The third-order valence-corrected chi connectivity index (χ3v) is 7.13. The lowest BCUT2D eigenvalue weighted by atomic mass is 9.96. The van der Waals surface area contributed by atoms with E-state index in [1.807, 2.05) is 0 Å². The van der Waals surface area contributed by atoms with Gasteiger partial charge in [0.05, 0.1) is 6.61 Å². The SMILES string of the molecule is BC1CC(OC(=O)BF)C(COP(=O)(O)OP(=O)(O)OP(=O)(O)BO)O1. The fourth-order valence-electron chi connectivity index (χ4n) is 1.92. The predicted octanol–water partition coefficient (Wildman–Crippen LogP) is -1.74. The van der Waals surface area contributed by atoms with Gasteiger partial charge in [-0.3, -0.25) is 13.9 Å². The van der Waals surface area contributed by atoms with E-state index in [-0.39, 0.29) is 6.42 Å². The lowest BCUT2D eigenvalue weighted by molar-refractivity contribution is -0.00677. The van der Waals surface area contributed by atoms with Crippen molar-refractivity contribution in [2.45, 2.75) is 24.6 Å². The molecule has 0 aromatic rings. The second kappa shape index (κ2) is 9.44. The van der Waals surface area contributed by atoms with Crippen LogP contribution in [0, 0.1) is 0 Å². The smallest absolute Gasteiger partial charge is 0.465 e. The maximum atomic E-state index is 12.2. The van der Waals surface area contributed by atoms with Gasteiger partial charge < -0.3 is 33.5 Å². The Hall–Kier alpha value is -0.0352. The largest absolute Gasteiger partial charge is 0.487 e. The van der Waals surface area contributed by atoms with E-state index in [0.717, 1.165) is 0 Å². The van der Waals surface area contributed by atoms with E-state index in [9.17, 15) is 27.7 Å². The fraction of sp³-hybridized carbons (Fsp3) is 0.833. The van der Waals surface area contributed by atoms with Crippen LogP contribution in [0.25, 0.3) is 0 Å². The van der Waals surface area contributed by atoms with Crippen molar-refractivity contribution in [3.8, 4) is 0 Å². The normalized spacial score (nSPS) is 29.8. The Balaban J connectivity index is 2.66. The molecular formula is C6H15B3FO13P3. The highest BCUT2D eigenvalue weighted by Gasteiger charge is 2.43. The van der Waals surface area contributed by atoms with Gasteiger partial charge in [0.2, 0.25) is 0 Å². The minimum atomic E-state index is -5.56. The number of rotatable bonds is 10. The second-order valence-corrected chi connectivity index (χ2v) is 10.1. The quantitative estimate of drug-likeness (QED) is 0.221. The van der Waals surface area contributed by atoms with Crippen LogP contribution in [0.4, 0.5) is 9.11 Å². The molecule has 1 saturated heterocycles. The molecule has 148 valence electrons. The van der Waals surface area contributed by atoms with Crippen molar-refractivity contribution in [3.63, 3.8) is 0 Å². The molecule has 1 aliphatic rings. The lowest BCUT2D eigenvalue weighted by Gasteiger charge is -2.21. The summed E-state index contributed by atoms with van der Waals surface area (Å²) >= 11 is 0. The molecule has 0 aromatic carbocycles. The van der Waals surface area contributed by atoms with Crippen molar-refractivity contribution in [2.24, 2.45) is 0 Å². The van der Waals surface area contributed by atoms with Gasteiger partial charge in [-0.25, -0.2) is 13.4 Å².